The Morgan fingerprint density at radius 2 is 1.95 bits per heavy atom. The van der Waals surface area contributed by atoms with Crippen LogP contribution in [0.3, 0.4) is 0 Å². The Bertz CT molecular complexity index is 1300. The van der Waals surface area contributed by atoms with E-state index in [0.29, 0.717) is 60.2 Å². The van der Waals surface area contributed by atoms with Crippen molar-refractivity contribution in [2.75, 3.05) is 13.1 Å². The Balaban J connectivity index is 2.28. The van der Waals surface area contributed by atoms with Crippen molar-refractivity contribution in [3.8, 4) is 16.9 Å². The molecule has 7 heteroatoms. The van der Waals surface area contributed by atoms with E-state index in [1.807, 2.05) is 13.8 Å². The number of nitrogens with zero attached hydrogens (tertiary/aromatic N) is 1. The number of benzene rings is 2. The summed E-state index contributed by atoms with van der Waals surface area (Å²) in [6, 6.07) is 6.71. The largest absolute Gasteiger partial charge is 0.507 e. The van der Waals surface area contributed by atoms with Crippen molar-refractivity contribution >= 4 is 29.0 Å². The average molecular weight is 539 g/mol. The molecule has 1 saturated heterocycles. The lowest BCUT2D eigenvalue weighted by Crippen LogP contribution is -2.53. The molecule has 0 radical (unpaired) electrons. The lowest BCUT2D eigenvalue weighted by molar-refractivity contribution is -0.126. The maximum absolute atomic E-state index is 16.4. The molecule has 1 aliphatic rings. The van der Waals surface area contributed by atoms with Crippen molar-refractivity contribution in [3.05, 3.63) is 82.7 Å². The highest BCUT2D eigenvalue weighted by Gasteiger charge is 2.44. The highest BCUT2D eigenvalue weighted by atomic mass is 35.5. The Morgan fingerprint density at radius 3 is 2.50 bits per heavy atom. The van der Waals surface area contributed by atoms with E-state index in [0.717, 1.165) is 5.57 Å². The molecule has 0 spiro atoms. The summed E-state index contributed by atoms with van der Waals surface area (Å²) < 4.78 is 16.4. The van der Waals surface area contributed by atoms with Gasteiger partial charge in [0.1, 0.15) is 17.1 Å². The highest BCUT2D eigenvalue weighted by Crippen LogP contribution is 2.43. The first-order chi connectivity index (χ1) is 18.0. The monoisotopic (exact) mass is 538 g/mol. The van der Waals surface area contributed by atoms with Crippen LogP contribution in [0.2, 0.25) is 5.02 Å². The highest BCUT2D eigenvalue weighted by molar-refractivity contribution is 6.33. The summed E-state index contributed by atoms with van der Waals surface area (Å²) in [5.41, 5.74) is 2.47. The molecule has 1 fully saturated rings. The maximum atomic E-state index is 16.4. The second-order valence-electron chi connectivity index (χ2n) is 9.73. The number of likely N-dealkylation sites (tertiary alicyclic amines) is 1. The van der Waals surface area contributed by atoms with Crippen molar-refractivity contribution in [1.29, 1.82) is 0 Å². The first kappa shape index (κ1) is 29.2. The minimum absolute atomic E-state index is 0.0521. The van der Waals surface area contributed by atoms with E-state index in [1.165, 1.54) is 19.1 Å². The maximum Gasteiger partial charge on any atom is 0.246 e. The predicted molar refractivity (Wildman–Crippen MR) is 153 cm³/mol. The normalized spacial score (nSPS) is 17.7. The number of halogens is 2. The summed E-state index contributed by atoms with van der Waals surface area (Å²) >= 11 is 6.76. The van der Waals surface area contributed by atoms with Crippen LogP contribution in [0.15, 0.2) is 55.1 Å². The first-order valence-electron chi connectivity index (χ1n) is 12.9. The minimum Gasteiger partial charge on any atom is -0.507 e. The van der Waals surface area contributed by atoms with Gasteiger partial charge in [-0.2, -0.15) is 0 Å². The van der Waals surface area contributed by atoms with Gasteiger partial charge in [0, 0.05) is 28.9 Å². The molecule has 2 aromatic carbocycles. The topological polar surface area (TPSA) is 69.6 Å². The zero-order valence-corrected chi connectivity index (χ0v) is 23.3. The van der Waals surface area contributed by atoms with E-state index in [2.05, 4.69) is 18.5 Å². The smallest absolute Gasteiger partial charge is 0.246 e. The lowest BCUT2D eigenvalue weighted by Gasteiger charge is -2.32. The van der Waals surface area contributed by atoms with Crippen LogP contribution in [0.4, 0.5) is 4.39 Å². The summed E-state index contributed by atoms with van der Waals surface area (Å²) in [7, 11) is 0. The quantitative estimate of drug-likeness (QED) is 0.259. The van der Waals surface area contributed by atoms with E-state index >= 15 is 4.39 Å². The number of phenols is 1. The molecule has 1 heterocycles. The molecule has 1 unspecified atom stereocenters. The Hall–Kier alpha value is -3.38. The molecule has 2 N–H and O–H groups in total. The Kier molecular flexibility index (Phi) is 9.21. The standard InChI is InChI=1S/C31H36ClFN2O3/c1-7-12-22-23(17-24(32)28(29(22)33)27-19(5)13-11-14-25(27)37)30(21(8-2)9-3)34-31(20(6)36)15-16-35(18-31)26(38)10-4/h8,10-11,13-14,17,34,37H,2,4,7,9,12,15-16,18H2,1,3,5-6H3/b30-21-. The number of ketones is 1. The van der Waals surface area contributed by atoms with Crippen molar-refractivity contribution in [2.24, 2.45) is 0 Å². The fraction of sp³-hybridized carbons (Fsp3) is 0.355. The van der Waals surface area contributed by atoms with Gasteiger partial charge in [0.25, 0.3) is 0 Å². The van der Waals surface area contributed by atoms with Crippen LogP contribution in [0, 0.1) is 12.7 Å². The van der Waals surface area contributed by atoms with Crippen molar-refractivity contribution in [2.45, 2.75) is 58.9 Å². The van der Waals surface area contributed by atoms with Gasteiger partial charge >= 0.3 is 0 Å². The summed E-state index contributed by atoms with van der Waals surface area (Å²) in [5, 5.41) is 14.2. The van der Waals surface area contributed by atoms with Crippen molar-refractivity contribution in [1.82, 2.24) is 10.2 Å². The van der Waals surface area contributed by atoms with Gasteiger partial charge in [-0.1, -0.05) is 63.2 Å². The van der Waals surface area contributed by atoms with Gasteiger partial charge in [0.2, 0.25) is 5.91 Å². The fourth-order valence-corrected chi connectivity index (χ4v) is 5.46. The van der Waals surface area contributed by atoms with Crippen LogP contribution in [-0.2, 0) is 16.0 Å². The number of hydrogen-bond acceptors (Lipinski definition) is 4. The van der Waals surface area contributed by atoms with Crippen molar-refractivity contribution in [3.63, 3.8) is 0 Å². The van der Waals surface area contributed by atoms with Gasteiger partial charge < -0.3 is 15.3 Å². The number of nitrogens with one attached hydrogen (secondary N) is 1. The van der Waals surface area contributed by atoms with Gasteiger partial charge in [0.05, 0.1) is 11.6 Å². The zero-order chi connectivity index (χ0) is 28.2. The summed E-state index contributed by atoms with van der Waals surface area (Å²) in [6.45, 7) is 15.3. The average Bonchev–Trinajstić information content (AvgIpc) is 3.32. The number of hydrogen-bond donors (Lipinski definition) is 2. The fourth-order valence-electron chi connectivity index (χ4n) is 5.17. The number of phenolic OH excluding ortho intramolecular Hbond substituents is 1. The van der Waals surface area contributed by atoms with Gasteiger partial charge in [-0.25, -0.2) is 4.39 Å². The second kappa shape index (κ2) is 12.0. The number of carbonyl (C=O) groups excluding carboxylic acids is 2. The molecule has 1 amide bonds. The Morgan fingerprint density at radius 1 is 1.24 bits per heavy atom. The molecule has 0 aromatic heterocycles. The molecule has 0 bridgehead atoms. The molecule has 202 valence electrons. The molecule has 5 nitrogen and oxygen atoms in total. The van der Waals surface area contributed by atoms with Crippen LogP contribution >= 0.6 is 11.6 Å². The number of Topliss-reactive ketones (excluding diaryl/α,β-unsaturated/α-hetero) is 1. The molecule has 38 heavy (non-hydrogen) atoms. The number of rotatable bonds is 10. The first-order valence-corrected chi connectivity index (χ1v) is 13.3. The summed E-state index contributed by atoms with van der Waals surface area (Å²) in [5.74, 6) is -0.935. The number of carbonyl (C=O) groups is 2. The van der Waals surface area contributed by atoms with E-state index < -0.39 is 11.4 Å². The molecule has 1 aliphatic heterocycles. The molecule has 0 saturated carbocycles. The third kappa shape index (κ3) is 5.41. The summed E-state index contributed by atoms with van der Waals surface area (Å²) in [6.07, 6.45) is 4.97. The molecular weight excluding hydrogens is 503 g/mol. The number of aromatic hydroxyl groups is 1. The molecule has 1 atom stereocenters. The van der Waals surface area contributed by atoms with Crippen LogP contribution in [0.25, 0.3) is 16.8 Å². The number of aryl methyl sites for hydroxylation is 1. The van der Waals surface area contributed by atoms with E-state index in [9.17, 15) is 14.7 Å². The summed E-state index contributed by atoms with van der Waals surface area (Å²) in [4.78, 5) is 27.0. The van der Waals surface area contributed by atoms with Crippen LogP contribution in [0.5, 0.6) is 5.75 Å². The van der Waals surface area contributed by atoms with Gasteiger partial charge in [-0.05, 0) is 68.0 Å². The molecule has 3 rings (SSSR count). The van der Waals surface area contributed by atoms with Crippen molar-refractivity contribution < 1.29 is 19.1 Å². The van der Waals surface area contributed by atoms with E-state index in [1.54, 1.807) is 36.1 Å². The molecule has 0 aliphatic carbocycles. The third-order valence-electron chi connectivity index (χ3n) is 7.33. The molecule has 2 aromatic rings. The minimum atomic E-state index is -1.06. The SMILES string of the molecule is C=CC(=O)N1CCC(N/C(=C(/C=C)CC)c2cc(Cl)c(-c3c(C)cccc3O)c(F)c2CCC)(C(C)=O)C1. The van der Waals surface area contributed by atoms with Crippen LogP contribution in [0.1, 0.15) is 56.7 Å². The van der Waals surface area contributed by atoms with Gasteiger partial charge in [0.15, 0.2) is 5.78 Å². The van der Waals surface area contributed by atoms with Crippen LogP contribution in [-0.4, -0.2) is 40.3 Å². The van der Waals surface area contributed by atoms with Gasteiger partial charge in [-0.15, -0.1) is 0 Å². The Labute approximate surface area is 229 Å². The zero-order valence-electron chi connectivity index (χ0n) is 22.6. The lowest BCUT2D eigenvalue weighted by atomic mass is 9.87. The predicted octanol–water partition coefficient (Wildman–Crippen LogP) is 6.76. The number of allylic oxidation sites excluding steroid dienone is 2. The van der Waals surface area contributed by atoms with E-state index in [-0.39, 0.29) is 34.6 Å². The molecular formula is C31H36ClFN2O3. The number of amides is 1. The third-order valence-corrected chi connectivity index (χ3v) is 7.63. The van der Waals surface area contributed by atoms with Gasteiger partial charge in [-0.3, -0.25) is 9.59 Å². The van der Waals surface area contributed by atoms with E-state index in [4.69, 9.17) is 11.6 Å². The second-order valence-corrected chi connectivity index (χ2v) is 10.1. The van der Waals surface area contributed by atoms with Crippen LogP contribution < -0.4 is 5.32 Å².